The number of nitrogens with zero attached hydrogens (tertiary/aromatic N) is 3. The van der Waals surface area contributed by atoms with E-state index in [1.54, 1.807) is 62.6 Å². The maximum atomic E-state index is 13.6. The fourth-order valence-electron chi connectivity index (χ4n) is 4.42. The highest BCUT2D eigenvalue weighted by atomic mass is 32.1. The second-order valence-corrected chi connectivity index (χ2v) is 9.23. The van der Waals surface area contributed by atoms with E-state index in [9.17, 15) is 14.4 Å². The summed E-state index contributed by atoms with van der Waals surface area (Å²) in [7, 11) is 1.58. The average Bonchev–Trinajstić information content (AvgIpc) is 3.16. The number of amides is 2. The van der Waals surface area contributed by atoms with E-state index < -0.39 is 12.0 Å². The third-order valence-electron chi connectivity index (χ3n) is 6.47. The molecule has 2 heterocycles. The van der Waals surface area contributed by atoms with E-state index in [1.165, 1.54) is 4.90 Å². The minimum Gasteiger partial charge on any atom is -0.497 e. The van der Waals surface area contributed by atoms with Gasteiger partial charge in [0.2, 0.25) is 5.91 Å². The molecule has 2 aromatic rings. The van der Waals surface area contributed by atoms with Gasteiger partial charge in [-0.25, -0.2) is 4.79 Å². The second kappa shape index (κ2) is 12.8. The average molecular weight is 541 g/mol. The first-order chi connectivity index (χ1) is 18.4. The lowest BCUT2D eigenvalue weighted by Gasteiger charge is -2.30. The summed E-state index contributed by atoms with van der Waals surface area (Å²) in [5, 5.41) is 3.19. The molecule has 0 aromatic heterocycles. The van der Waals surface area contributed by atoms with Crippen LogP contribution in [-0.2, 0) is 19.1 Å². The number of ether oxygens (including phenoxy) is 3. The van der Waals surface area contributed by atoms with Gasteiger partial charge in [-0.3, -0.25) is 19.4 Å². The molecular formula is C27H32N4O6S. The van der Waals surface area contributed by atoms with Gasteiger partial charge < -0.3 is 24.4 Å². The zero-order valence-corrected chi connectivity index (χ0v) is 22.4. The maximum absolute atomic E-state index is 13.6. The van der Waals surface area contributed by atoms with E-state index in [0.29, 0.717) is 54.1 Å². The first-order valence-corrected chi connectivity index (χ1v) is 13.0. The van der Waals surface area contributed by atoms with Gasteiger partial charge >= 0.3 is 5.97 Å². The molecule has 1 N–H and O–H groups in total. The Morgan fingerprint density at radius 1 is 1.05 bits per heavy atom. The second-order valence-electron chi connectivity index (χ2n) is 8.87. The largest absolute Gasteiger partial charge is 0.497 e. The topological polar surface area (TPSA) is 101 Å². The molecule has 2 fully saturated rings. The van der Waals surface area contributed by atoms with E-state index in [4.69, 9.17) is 26.4 Å². The minimum atomic E-state index is -0.746. The van der Waals surface area contributed by atoms with Crippen LogP contribution < -0.4 is 15.0 Å². The van der Waals surface area contributed by atoms with Crippen LogP contribution >= 0.6 is 12.2 Å². The molecule has 0 spiro atoms. The van der Waals surface area contributed by atoms with Crippen molar-refractivity contribution in [3.63, 3.8) is 0 Å². The van der Waals surface area contributed by atoms with Gasteiger partial charge in [-0.15, -0.1) is 0 Å². The number of morpholine rings is 1. The van der Waals surface area contributed by atoms with Crippen LogP contribution in [0, 0.1) is 0 Å². The summed E-state index contributed by atoms with van der Waals surface area (Å²) in [4.78, 5) is 44.1. The molecule has 4 rings (SSSR count). The van der Waals surface area contributed by atoms with Crippen LogP contribution in [0.1, 0.15) is 23.7 Å². The van der Waals surface area contributed by atoms with Gasteiger partial charge in [0.25, 0.3) is 5.91 Å². The Balaban J connectivity index is 1.48. The Bertz CT molecular complexity index is 1150. The number of methoxy groups -OCH3 is 1. The first-order valence-electron chi connectivity index (χ1n) is 12.6. The van der Waals surface area contributed by atoms with Crippen molar-refractivity contribution in [1.29, 1.82) is 0 Å². The number of hydrogen-bond donors (Lipinski definition) is 1. The zero-order chi connectivity index (χ0) is 27.1. The van der Waals surface area contributed by atoms with Crippen LogP contribution in [0.4, 0.5) is 11.4 Å². The minimum absolute atomic E-state index is 0.0750. The quantitative estimate of drug-likeness (QED) is 0.360. The van der Waals surface area contributed by atoms with E-state index in [1.807, 2.05) is 4.90 Å². The number of benzene rings is 2. The molecule has 10 nitrogen and oxygen atoms in total. The molecule has 2 amide bonds. The zero-order valence-electron chi connectivity index (χ0n) is 21.6. The molecule has 0 saturated carbocycles. The van der Waals surface area contributed by atoms with Crippen molar-refractivity contribution in [2.45, 2.75) is 19.4 Å². The van der Waals surface area contributed by atoms with Crippen LogP contribution in [0.5, 0.6) is 5.75 Å². The summed E-state index contributed by atoms with van der Waals surface area (Å²) >= 11 is 5.75. The molecular weight excluding hydrogens is 508 g/mol. The van der Waals surface area contributed by atoms with Crippen LogP contribution in [0.3, 0.4) is 0 Å². The van der Waals surface area contributed by atoms with Gasteiger partial charge in [0, 0.05) is 31.9 Å². The molecule has 0 radical (unpaired) electrons. The molecule has 0 aliphatic carbocycles. The lowest BCUT2D eigenvalue weighted by molar-refractivity contribution is -0.124. The molecule has 2 aliphatic heterocycles. The van der Waals surface area contributed by atoms with Crippen molar-refractivity contribution >= 4 is 46.5 Å². The van der Waals surface area contributed by atoms with E-state index in [-0.39, 0.29) is 24.8 Å². The summed E-state index contributed by atoms with van der Waals surface area (Å²) in [6.07, 6.45) is -0.0750. The normalized spacial score (nSPS) is 18.0. The third-order valence-corrected chi connectivity index (χ3v) is 6.89. The van der Waals surface area contributed by atoms with Crippen molar-refractivity contribution in [3.8, 4) is 5.75 Å². The van der Waals surface area contributed by atoms with Crippen molar-refractivity contribution in [2.24, 2.45) is 0 Å². The Morgan fingerprint density at radius 2 is 1.74 bits per heavy atom. The van der Waals surface area contributed by atoms with E-state index in [0.717, 1.165) is 13.1 Å². The van der Waals surface area contributed by atoms with Gasteiger partial charge in [-0.1, -0.05) is 0 Å². The maximum Gasteiger partial charge on any atom is 0.338 e. The summed E-state index contributed by atoms with van der Waals surface area (Å²) in [6.45, 7) is 6.18. The third kappa shape index (κ3) is 6.47. The fourth-order valence-corrected chi connectivity index (χ4v) is 4.84. The predicted octanol–water partition coefficient (Wildman–Crippen LogP) is 2.54. The van der Waals surface area contributed by atoms with Gasteiger partial charge in [0.1, 0.15) is 11.8 Å². The van der Waals surface area contributed by atoms with Crippen LogP contribution in [0.15, 0.2) is 48.5 Å². The van der Waals surface area contributed by atoms with E-state index in [2.05, 4.69) is 10.2 Å². The van der Waals surface area contributed by atoms with Crippen LogP contribution in [0.25, 0.3) is 0 Å². The first kappa shape index (κ1) is 27.5. The molecule has 202 valence electrons. The molecule has 38 heavy (non-hydrogen) atoms. The van der Waals surface area contributed by atoms with Gasteiger partial charge in [-0.2, -0.15) is 0 Å². The Hall–Kier alpha value is -3.54. The Morgan fingerprint density at radius 3 is 2.37 bits per heavy atom. The number of esters is 1. The number of anilines is 2. The molecule has 1 atom stereocenters. The SMILES string of the molecule is CCOC(=O)c1ccc(NC(=O)C[C@H]2C(=O)N(c3ccc(OC)cc3)C(=S)N2CCN2CCOCC2)cc1. The number of rotatable bonds is 10. The highest BCUT2D eigenvalue weighted by Gasteiger charge is 2.44. The summed E-state index contributed by atoms with van der Waals surface area (Å²) < 4.78 is 15.7. The fraction of sp³-hybridized carbons (Fsp3) is 0.407. The standard InChI is InChI=1S/C27H32N4O6S/c1-3-37-26(34)19-4-6-20(7-5-19)28-24(32)18-23-25(33)31(21-8-10-22(35-2)11-9-21)27(38)30(23)13-12-29-14-16-36-17-15-29/h4-11,23H,3,12-18H2,1-2H3,(H,28,32)/t23-/m0/s1. The van der Waals surface area contributed by atoms with Gasteiger partial charge in [0.05, 0.1) is 44.6 Å². The Kier molecular flexibility index (Phi) is 9.27. The van der Waals surface area contributed by atoms with Crippen LogP contribution in [0.2, 0.25) is 0 Å². The predicted molar refractivity (Wildman–Crippen MR) is 146 cm³/mol. The van der Waals surface area contributed by atoms with E-state index >= 15 is 0 Å². The van der Waals surface area contributed by atoms with Crippen molar-refractivity contribution in [2.75, 3.05) is 63.3 Å². The van der Waals surface area contributed by atoms with Gasteiger partial charge in [0.15, 0.2) is 5.11 Å². The molecule has 11 heteroatoms. The lowest BCUT2D eigenvalue weighted by Crippen LogP contribution is -2.45. The number of nitrogens with one attached hydrogen (secondary N) is 1. The molecule has 2 aliphatic rings. The number of thiocarbonyl (C=S) groups is 1. The van der Waals surface area contributed by atoms with Crippen molar-refractivity contribution in [1.82, 2.24) is 9.80 Å². The summed E-state index contributed by atoms with van der Waals surface area (Å²) in [5.74, 6) is -0.344. The molecule has 0 bridgehead atoms. The smallest absolute Gasteiger partial charge is 0.338 e. The highest BCUT2D eigenvalue weighted by Crippen LogP contribution is 2.29. The number of carbonyl (C=O) groups excluding carboxylic acids is 3. The molecule has 0 unspecified atom stereocenters. The molecule has 2 saturated heterocycles. The van der Waals surface area contributed by atoms with Crippen LogP contribution in [-0.4, -0.2) is 91.8 Å². The highest BCUT2D eigenvalue weighted by molar-refractivity contribution is 7.80. The lowest BCUT2D eigenvalue weighted by atomic mass is 10.1. The van der Waals surface area contributed by atoms with Crippen molar-refractivity contribution < 1.29 is 28.6 Å². The van der Waals surface area contributed by atoms with Gasteiger partial charge in [-0.05, 0) is 67.7 Å². The molecule has 2 aromatic carbocycles. The number of carbonyl (C=O) groups is 3. The van der Waals surface area contributed by atoms with Crippen molar-refractivity contribution in [3.05, 3.63) is 54.1 Å². The summed E-state index contributed by atoms with van der Waals surface area (Å²) in [5.41, 5.74) is 1.53. The summed E-state index contributed by atoms with van der Waals surface area (Å²) in [6, 6.07) is 12.8. The number of hydrogen-bond acceptors (Lipinski definition) is 8. The Labute approximate surface area is 227 Å². The monoisotopic (exact) mass is 540 g/mol.